The molecule has 0 amide bonds. The van der Waals surface area contributed by atoms with Crippen molar-refractivity contribution >= 4 is 183 Å². The van der Waals surface area contributed by atoms with Gasteiger partial charge in [0.05, 0.1) is 34.1 Å². The molecule has 21 rings (SSSR count). The Morgan fingerprint density at radius 3 is 0.567 bits per heavy atom. The minimum Gasteiger partial charge on any atom is -0.311 e. The van der Waals surface area contributed by atoms with Gasteiger partial charge in [0.25, 0.3) is 13.4 Å². The molecule has 0 fully saturated rings. The highest BCUT2D eigenvalue weighted by molar-refractivity contribution is 7.03. The number of benzene rings is 17. The molecular formula is C110H88B2N8. The van der Waals surface area contributed by atoms with Crippen molar-refractivity contribution in [2.24, 2.45) is 0 Å². The van der Waals surface area contributed by atoms with E-state index < -0.39 is 0 Å². The largest absolute Gasteiger partial charge is 0.311 e. The lowest BCUT2D eigenvalue weighted by atomic mass is 9.30. The van der Waals surface area contributed by atoms with Crippen LogP contribution in [0.3, 0.4) is 0 Å². The lowest BCUT2D eigenvalue weighted by Crippen LogP contribution is -2.65. The Labute approximate surface area is 705 Å². The molecule has 0 spiro atoms. The summed E-state index contributed by atoms with van der Waals surface area (Å²) in [4.78, 5) is 20.5. The Morgan fingerprint density at radius 2 is 0.350 bits per heavy atom. The third-order valence-electron chi connectivity index (χ3n) is 25.0. The first-order chi connectivity index (χ1) is 58.9. The zero-order valence-corrected chi connectivity index (χ0v) is 68.7. The van der Waals surface area contributed by atoms with Crippen LogP contribution in [0.4, 0.5) is 136 Å². The number of hydrogen-bond donors (Lipinski definition) is 0. The highest BCUT2D eigenvalue weighted by Crippen LogP contribution is 2.56. The molecule has 0 aliphatic carbocycles. The van der Waals surface area contributed by atoms with Crippen molar-refractivity contribution in [1.29, 1.82) is 0 Å². The van der Waals surface area contributed by atoms with Gasteiger partial charge in [-0.2, -0.15) is 0 Å². The maximum Gasteiger partial charge on any atom is 0.252 e. The summed E-state index contributed by atoms with van der Waals surface area (Å²) in [5.41, 5.74) is 42.8. The van der Waals surface area contributed by atoms with E-state index in [4.69, 9.17) is 0 Å². The Balaban J connectivity index is 0.933. The molecule has 0 N–H and O–H groups in total. The molecule has 4 heterocycles. The van der Waals surface area contributed by atoms with Crippen molar-refractivity contribution in [3.8, 4) is 0 Å². The third-order valence-corrected chi connectivity index (χ3v) is 25.0. The van der Waals surface area contributed by atoms with Gasteiger partial charge in [-0.3, -0.25) is 0 Å². The van der Waals surface area contributed by atoms with Crippen LogP contribution in [0.1, 0.15) is 44.5 Å². The van der Waals surface area contributed by atoms with Crippen LogP contribution in [0.5, 0.6) is 0 Å². The van der Waals surface area contributed by atoms with E-state index in [9.17, 15) is 0 Å². The first-order valence-corrected chi connectivity index (χ1v) is 41.8. The van der Waals surface area contributed by atoms with Crippen molar-refractivity contribution in [3.05, 3.63) is 433 Å². The SMILES string of the molecule is Cc1cccc(C)c1N1c2cc(N(c3ccccc3)c3ccccc3)ccc2B2c3cc4c(cc3N(c3c(C)cccc3C)c3cc(N(c5ccccc5)c5ccccc5)cc1c32)N(c1c(C)cccc1C)c1cc(N(c2ccccc2)c2ccccc2)cc2c1B4c1ccc(N(c3ccccc3)c3ccccc3)cc1N2c1c(C)cccc1C. The average Bonchev–Trinajstić information content (AvgIpc) is 0.676. The van der Waals surface area contributed by atoms with E-state index in [0.717, 1.165) is 136 Å². The Bertz CT molecular complexity index is 6170. The predicted octanol–water partition coefficient (Wildman–Crippen LogP) is 26.2. The van der Waals surface area contributed by atoms with Crippen LogP contribution >= 0.6 is 0 Å². The lowest BCUT2D eigenvalue weighted by molar-refractivity contribution is 1.17. The molecule has 0 unspecified atom stereocenters. The number of anilines is 24. The first-order valence-electron chi connectivity index (χ1n) is 41.8. The second kappa shape index (κ2) is 29.8. The molecule has 10 heteroatoms. The smallest absolute Gasteiger partial charge is 0.252 e. The molecule has 4 aliphatic heterocycles. The standard InChI is InChI=1S/C110H88B2N8/c1-73-37-33-38-74(2)107(73)117-97-65-89(113(81-45-17-9-18-46-81)82-47-19-10-20-48-82)61-63-93(97)111-95-71-96-100(72-99(95)119(109-77(5)41-35-42-78(109)6)103-69-91(67-101(117)105(103)111)115(85-53-25-13-26-54-85)86-55-27-14-28-56-86)120(110-79(7)43-36-44-80(110)8)104-70-92(116(87-57-29-15-30-58-87)88-59-31-16-32-60-88)68-102-106(104)112(96)94-64-62-90(66-98(94)118(102)108-75(3)39-34-40-76(108)4)114(83-49-21-11-22-50-83)84-51-23-12-24-52-84/h9-72H,1-8H3. The van der Waals surface area contributed by atoms with E-state index in [1.807, 2.05) is 0 Å². The number of hydrogen-bond acceptors (Lipinski definition) is 8. The van der Waals surface area contributed by atoms with Crippen LogP contribution in [0.15, 0.2) is 388 Å². The quantitative estimate of drug-likeness (QED) is 0.0883. The van der Waals surface area contributed by atoms with Gasteiger partial charge in [0.2, 0.25) is 0 Å². The number of nitrogens with zero attached hydrogens (tertiary/aromatic N) is 8. The van der Waals surface area contributed by atoms with Gasteiger partial charge < -0.3 is 39.2 Å². The number of fused-ring (bicyclic) bond motifs is 8. The van der Waals surface area contributed by atoms with Gasteiger partial charge in [0.1, 0.15) is 0 Å². The monoisotopic (exact) mass is 1540 g/mol. The molecule has 0 bridgehead atoms. The van der Waals surface area contributed by atoms with Crippen molar-refractivity contribution in [2.45, 2.75) is 55.4 Å². The van der Waals surface area contributed by atoms with Gasteiger partial charge in [-0.1, -0.05) is 237 Å². The van der Waals surface area contributed by atoms with E-state index in [1.165, 1.54) is 77.3 Å². The fourth-order valence-electron chi connectivity index (χ4n) is 20.0. The fraction of sp³-hybridized carbons (Fsp3) is 0.0727. The molecule has 0 saturated heterocycles. The van der Waals surface area contributed by atoms with Crippen LogP contribution in [0.2, 0.25) is 0 Å². The summed E-state index contributed by atoms with van der Waals surface area (Å²) >= 11 is 0. The first kappa shape index (κ1) is 72.9. The van der Waals surface area contributed by atoms with Crippen LogP contribution in [0, 0.1) is 55.4 Å². The molecular weight excluding hydrogens is 1450 g/mol. The average molecular weight is 1540 g/mol. The molecule has 17 aromatic rings. The summed E-state index contributed by atoms with van der Waals surface area (Å²) < 4.78 is 0. The van der Waals surface area contributed by atoms with E-state index >= 15 is 0 Å². The van der Waals surface area contributed by atoms with Gasteiger partial charge in [0.15, 0.2) is 0 Å². The normalized spacial score (nSPS) is 12.6. The van der Waals surface area contributed by atoms with Crippen LogP contribution in [-0.4, -0.2) is 13.4 Å². The van der Waals surface area contributed by atoms with Crippen molar-refractivity contribution in [3.63, 3.8) is 0 Å². The number of rotatable bonds is 16. The van der Waals surface area contributed by atoms with Crippen LogP contribution < -0.4 is 72.0 Å². The topological polar surface area (TPSA) is 25.9 Å². The molecule has 0 radical (unpaired) electrons. The summed E-state index contributed by atoms with van der Waals surface area (Å²) in [5.74, 6) is 0. The summed E-state index contributed by atoms with van der Waals surface area (Å²) in [5, 5.41) is 0. The number of aryl methyl sites for hydroxylation is 8. The highest BCUT2D eigenvalue weighted by Gasteiger charge is 2.50. The van der Waals surface area contributed by atoms with E-state index in [2.05, 4.69) is 483 Å². The third kappa shape index (κ3) is 12.1. The Morgan fingerprint density at radius 1 is 0.158 bits per heavy atom. The Kier molecular flexibility index (Phi) is 18.1. The van der Waals surface area contributed by atoms with Crippen LogP contribution in [-0.2, 0) is 0 Å². The molecule has 8 nitrogen and oxygen atoms in total. The second-order valence-corrected chi connectivity index (χ2v) is 32.4. The van der Waals surface area contributed by atoms with Crippen molar-refractivity contribution in [2.75, 3.05) is 39.2 Å². The maximum absolute atomic E-state index is 2.71. The molecule has 0 saturated carbocycles. The van der Waals surface area contributed by atoms with E-state index in [0.29, 0.717) is 0 Å². The van der Waals surface area contributed by atoms with E-state index in [1.54, 1.807) is 0 Å². The van der Waals surface area contributed by atoms with Gasteiger partial charge >= 0.3 is 0 Å². The lowest BCUT2D eigenvalue weighted by Gasteiger charge is -2.49. The highest BCUT2D eigenvalue weighted by atomic mass is 15.2. The fourth-order valence-corrected chi connectivity index (χ4v) is 20.0. The molecule has 4 aliphatic rings. The molecule has 0 aromatic heterocycles. The maximum atomic E-state index is 2.71. The Hall–Kier alpha value is -14.7. The van der Waals surface area contributed by atoms with Crippen LogP contribution in [0.25, 0.3) is 0 Å². The zero-order chi connectivity index (χ0) is 81.0. The van der Waals surface area contributed by atoms with Gasteiger partial charge in [-0.25, -0.2) is 0 Å². The van der Waals surface area contributed by atoms with Gasteiger partial charge in [-0.05, 0) is 284 Å². The van der Waals surface area contributed by atoms with Gasteiger partial charge in [0, 0.05) is 102 Å². The summed E-state index contributed by atoms with van der Waals surface area (Å²) in [7, 11) is 0. The summed E-state index contributed by atoms with van der Waals surface area (Å²) in [6, 6.07) is 145. The number of para-hydroxylation sites is 12. The molecule has 574 valence electrons. The summed E-state index contributed by atoms with van der Waals surface area (Å²) in [6.07, 6.45) is 0. The molecule has 120 heavy (non-hydrogen) atoms. The zero-order valence-electron chi connectivity index (χ0n) is 68.7. The minimum atomic E-state index is -0.331. The second-order valence-electron chi connectivity index (χ2n) is 32.4. The molecule has 17 aromatic carbocycles. The predicted molar refractivity (Wildman–Crippen MR) is 511 cm³/mol. The minimum absolute atomic E-state index is 0.331. The van der Waals surface area contributed by atoms with E-state index in [-0.39, 0.29) is 13.4 Å². The van der Waals surface area contributed by atoms with Crippen molar-refractivity contribution in [1.82, 2.24) is 0 Å². The summed E-state index contributed by atoms with van der Waals surface area (Å²) in [6.45, 7) is 17.8. The molecule has 0 atom stereocenters. The van der Waals surface area contributed by atoms with Gasteiger partial charge in [-0.15, -0.1) is 0 Å². The van der Waals surface area contributed by atoms with Crippen molar-refractivity contribution < 1.29 is 0 Å².